The van der Waals surface area contributed by atoms with Crippen LogP contribution in [0.25, 0.3) is 11.2 Å². The lowest BCUT2D eigenvalue weighted by Crippen LogP contribution is -2.27. The van der Waals surface area contributed by atoms with Crippen LogP contribution in [0.2, 0.25) is 5.02 Å². The molecule has 1 atom stereocenters. The summed E-state index contributed by atoms with van der Waals surface area (Å²) < 4.78 is 2.11. The van der Waals surface area contributed by atoms with Gasteiger partial charge < -0.3 is 9.88 Å². The third-order valence-corrected chi connectivity index (χ3v) is 5.91. The number of aryl methyl sites for hydroxylation is 1. The zero-order valence-electron chi connectivity index (χ0n) is 16.0. The lowest BCUT2D eigenvalue weighted by Gasteiger charge is -2.14. The third kappa shape index (κ3) is 4.66. The number of pyridine rings is 1. The van der Waals surface area contributed by atoms with Crippen molar-refractivity contribution in [2.24, 2.45) is 0 Å². The summed E-state index contributed by atoms with van der Waals surface area (Å²) in [5, 5.41) is 5.80. The molecule has 7 heteroatoms. The van der Waals surface area contributed by atoms with Crippen LogP contribution in [0.3, 0.4) is 0 Å². The molecule has 0 saturated carbocycles. The minimum Gasteiger partial charge on any atom is -0.350 e. The molecule has 0 aliphatic carbocycles. The number of aromatic nitrogens is 3. The molecule has 5 nitrogen and oxygen atoms in total. The molecule has 148 valence electrons. The molecule has 0 saturated heterocycles. The lowest BCUT2D eigenvalue weighted by molar-refractivity contribution is -0.121. The molecular formula is C22H21ClN4OS. The number of nitrogens with one attached hydrogen (secondary N) is 1. The largest absolute Gasteiger partial charge is 0.350 e. The number of imidazole rings is 1. The Hall–Kier alpha value is -2.70. The van der Waals surface area contributed by atoms with Gasteiger partial charge in [0.25, 0.3) is 0 Å². The Labute approximate surface area is 178 Å². The maximum atomic E-state index is 12.5. The Balaban J connectivity index is 1.46. The topological polar surface area (TPSA) is 59.8 Å². The SMILES string of the molecule is CC(NC(=O)CCc1nc2cccnc2n1Cc1cccs1)c1ccc(Cl)cc1. The molecule has 0 aliphatic rings. The Kier molecular flexibility index (Phi) is 5.92. The van der Waals surface area contributed by atoms with Crippen molar-refractivity contribution >= 4 is 40.0 Å². The van der Waals surface area contributed by atoms with Crippen molar-refractivity contribution in [1.29, 1.82) is 0 Å². The van der Waals surface area contributed by atoms with Gasteiger partial charge in [0, 0.05) is 28.9 Å². The van der Waals surface area contributed by atoms with E-state index < -0.39 is 0 Å². The van der Waals surface area contributed by atoms with Gasteiger partial charge in [0.05, 0.1) is 12.6 Å². The fourth-order valence-electron chi connectivity index (χ4n) is 3.29. The molecule has 0 spiro atoms. The minimum absolute atomic E-state index is 0.00450. The number of benzene rings is 1. The Morgan fingerprint density at radius 3 is 2.79 bits per heavy atom. The van der Waals surface area contributed by atoms with E-state index in [0.29, 0.717) is 24.4 Å². The summed E-state index contributed by atoms with van der Waals surface area (Å²) in [5.74, 6) is 0.872. The minimum atomic E-state index is -0.0774. The van der Waals surface area contributed by atoms with Crippen molar-refractivity contribution in [2.75, 3.05) is 0 Å². The molecule has 1 amide bonds. The maximum Gasteiger partial charge on any atom is 0.220 e. The molecule has 3 aromatic heterocycles. The fourth-order valence-corrected chi connectivity index (χ4v) is 4.11. The molecule has 0 aliphatic heterocycles. The smallest absolute Gasteiger partial charge is 0.220 e. The van der Waals surface area contributed by atoms with Crippen LogP contribution in [0.4, 0.5) is 0 Å². The summed E-state index contributed by atoms with van der Waals surface area (Å²) >= 11 is 7.64. The number of hydrogen-bond acceptors (Lipinski definition) is 4. The number of halogens is 1. The normalized spacial score (nSPS) is 12.2. The van der Waals surface area contributed by atoms with Crippen LogP contribution < -0.4 is 5.32 Å². The molecule has 0 radical (unpaired) electrons. The van der Waals surface area contributed by atoms with Crippen molar-refractivity contribution < 1.29 is 4.79 Å². The number of carbonyl (C=O) groups is 1. The van der Waals surface area contributed by atoms with Crippen molar-refractivity contribution in [3.8, 4) is 0 Å². The Bertz CT molecular complexity index is 1110. The van der Waals surface area contributed by atoms with Gasteiger partial charge in [-0.15, -0.1) is 11.3 Å². The zero-order valence-corrected chi connectivity index (χ0v) is 17.6. The molecule has 4 rings (SSSR count). The van der Waals surface area contributed by atoms with Gasteiger partial charge in [-0.25, -0.2) is 9.97 Å². The number of nitrogens with zero attached hydrogens (tertiary/aromatic N) is 3. The predicted octanol–water partition coefficient (Wildman–Crippen LogP) is 5.00. The zero-order chi connectivity index (χ0) is 20.2. The second-order valence-corrected chi connectivity index (χ2v) is 8.35. The molecule has 0 fully saturated rings. The summed E-state index contributed by atoms with van der Waals surface area (Å²) in [6, 6.07) is 15.4. The first kappa shape index (κ1) is 19.6. The van der Waals surface area contributed by atoms with E-state index in [4.69, 9.17) is 16.6 Å². The molecule has 1 aromatic carbocycles. The van der Waals surface area contributed by atoms with Gasteiger partial charge in [-0.2, -0.15) is 0 Å². The fraction of sp³-hybridized carbons (Fsp3) is 0.227. The Morgan fingerprint density at radius 2 is 2.03 bits per heavy atom. The van der Waals surface area contributed by atoms with Gasteiger partial charge >= 0.3 is 0 Å². The molecule has 1 N–H and O–H groups in total. The average molecular weight is 425 g/mol. The highest BCUT2D eigenvalue weighted by Gasteiger charge is 2.15. The number of fused-ring (bicyclic) bond motifs is 1. The van der Waals surface area contributed by atoms with E-state index in [9.17, 15) is 4.79 Å². The first-order chi connectivity index (χ1) is 14.1. The summed E-state index contributed by atoms with van der Waals surface area (Å²) in [4.78, 5) is 23.0. The number of thiophene rings is 1. The highest BCUT2D eigenvalue weighted by atomic mass is 35.5. The third-order valence-electron chi connectivity index (χ3n) is 4.80. The first-order valence-corrected chi connectivity index (χ1v) is 10.7. The van der Waals surface area contributed by atoms with Crippen LogP contribution in [0.15, 0.2) is 60.1 Å². The van der Waals surface area contributed by atoms with Crippen molar-refractivity contribution in [3.63, 3.8) is 0 Å². The number of hydrogen-bond donors (Lipinski definition) is 1. The van der Waals surface area contributed by atoms with Crippen molar-refractivity contribution in [2.45, 2.75) is 32.4 Å². The van der Waals surface area contributed by atoms with Crippen molar-refractivity contribution in [1.82, 2.24) is 19.9 Å². The second-order valence-electron chi connectivity index (χ2n) is 6.88. The number of rotatable bonds is 7. The summed E-state index contributed by atoms with van der Waals surface area (Å²) in [6.45, 7) is 2.68. The molecule has 1 unspecified atom stereocenters. The highest BCUT2D eigenvalue weighted by Crippen LogP contribution is 2.20. The first-order valence-electron chi connectivity index (χ1n) is 9.47. The van der Waals surface area contributed by atoms with Crippen LogP contribution in [-0.2, 0) is 17.8 Å². The maximum absolute atomic E-state index is 12.5. The predicted molar refractivity (Wildman–Crippen MR) is 117 cm³/mol. The van der Waals surface area contributed by atoms with Gasteiger partial charge in [0.2, 0.25) is 5.91 Å². The van der Waals surface area contributed by atoms with Gasteiger partial charge in [0.1, 0.15) is 11.3 Å². The van der Waals surface area contributed by atoms with E-state index in [2.05, 4.69) is 26.3 Å². The van der Waals surface area contributed by atoms with E-state index in [1.165, 1.54) is 4.88 Å². The van der Waals surface area contributed by atoms with Crippen LogP contribution in [0.5, 0.6) is 0 Å². The standard InChI is InChI=1S/C22H21ClN4OS/c1-15(16-6-8-17(23)9-7-16)25-21(28)11-10-20-26-19-5-2-12-24-22(19)27(20)14-18-4-3-13-29-18/h2-9,12-13,15H,10-11,14H2,1H3,(H,25,28). The molecule has 4 aromatic rings. The van der Waals surface area contributed by atoms with Crippen molar-refractivity contribution in [3.05, 3.63) is 81.4 Å². The van der Waals surface area contributed by atoms with Gasteiger partial charge in [-0.05, 0) is 48.2 Å². The van der Waals surface area contributed by atoms with E-state index >= 15 is 0 Å². The average Bonchev–Trinajstić information content (AvgIpc) is 3.35. The summed E-state index contributed by atoms with van der Waals surface area (Å²) in [5.41, 5.74) is 2.73. The summed E-state index contributed by atoms with van der Waals surface area (Å²) in [7, 11) is 0. The van der Waals surface area contributed by atoms with Crippen LogP contribution in [-0.4, -0.2) is 20.4 Å². The molecular weight excluding hydrogens is 404 g/mol. The molecule has 0 bridgehead atoms. The highest BCUT2D eigenvalue weighted by molar-refractivity contribution is 7.09. The quantitative estimate of drug-likeness (QED) is 0.454. The van der Waals surface area contributed by atoms with E-state index in [1.807, 2.05) is 49.4 Å². The van der Waals surface area contributed by atoms with Crippen LogP contribution in [0.1, 0.15) is 35.7 Å². The van der Waals surface area contributed by atoms with Gasteiger partial charge in [-0.3, -0.25) is 4.79 Å². The Morgan fingerprint density at radius 1 is 1.21 bits per heavy atom. The van der Waals surface area contributed by atoms with E-state index in [0.717, 1.165) is 22.6 Å². The lowest BCUT2D eigenvalue weighted by atomic mass is 10.1. The van der Waals surface area contributed by atoms with Gasteiger partial charge in [-0.1, -0.05) is 29.8 Å². The van der Waals surface area contributed by atoms with E-state index in [1.54, 1.807) is 17.5 Å². The summed E-state index contributed by atoms with van der Waals surface area (Å²) in [6.07, 6.45) is 2.70. The monoisotopic (exact) mass is 424 g/mol. The molecule has 3 heterocycles. The number of amides is 1. The number of carbonyl (C=O) groups excluding carboxylic acids is 1. The van der Waals surface area contributed by atoms with Crippen LogP contribution in [0, 0.1) is 0 Å². The second kappa shape index (κ2) is 8.76. The van der Waals surface area contributed by atoms with E-state index in [-0.39, 0.29) is 11.9 Å². The van der Waals surface area contributed by atoms with Gasteiger partial charge in [0.15, 0.2) is 5.65 Å². The molecule has 29 heavy (non-hydrogen) atoms. The van der Waals surface area contributed by atoms with Crippen LogP contribution >= 0.6 is 22.9 Å².